The van der Waals surface area contributed by atoms with E-state index >= 15 is 0 Å². The number of unbranched alkanes of at least 4 members (excludes halogenated alkanes) is 39. The molecule has 0 amide bonds. The van der Waals surface area contributed by atoms with E-state index in [0.29, 0.717) is 19.3 Å². The van der Waals surface area contributed by atoms with Crippen molar-refractivity contribution in [2.45, 2.75) is 329 Å². The average molecular weight is 892 g/mol. The molecule has 0 bridgehead atoms. The van der Waals surface area contributed by atoms with E-state index < -0.39 is 6.10 Å². The van der Waals surface area contributed by atoms with Gasteiger partial charge < -0.3 is 14.2 Å². The summed E-state index contributed by atoms with van der Waals surface area (Å²) >= 11 is 0. The van der Waals surface area contributed by atoms with Crippen molar-refractivity contribution >= 4 is 17.9 Å². The summed E-state index contributed by atoms with van der Waals surface area (Å²) in [7, 11) is 0. The van der Waals surface area contributed by atoms with Crippen LogP contribution in [0.5, 0.6) is 0 Å². The number of esters is 3. The fraction of sp³-hybridized carbons (Fsp3) is 0.947. The number of hydrogen-bond acceptors (Lipinski definition) is 6. The topological polar surface area (TPSA) is 78.9 Å². The molecule has 0 fully saturated rings. The van der Waals surface area contributed by atoms with Crippen molar-refractivity contribution in [2.24, 2.45) is 5.92 Å². The van der Waals surface area contributed by atoms with Gasteiger partial charge in [-0.25, -0.2) is 0 Å². The van der Waals surface area contributed by atoms with Gasteiger partial charge in [0.2, 0.25) is 0 Å². The van der Waals surface area contributed by atoms with Crippen molar-refractivity contribution in [1.29, 1.82) is 0 Å². The van der Waals surface area contributed by atoms with E-state index in [0.717, 1.165) is 63.7 Å². The molecule has 6 heteroatoms. The molecule has 0 spiro atoms. The predicted molar refractivity (Wildman–Crippen MR) is 270 cm³/mol. The predicted octanol–water partition coefficient (Wildman–Crippen LogP) is 18.6. The van der Waals surface area contributed by atoms with Crippen LogP contribution < -0.4 is 0 Å². The van der Waals surface area contributed by atoms with Crippen LogP contribution in [-0.4, -0.2) is 37.2 Å². The van der Waals surface area contributed by atoms with Gasteiger partial charge in [-0.15, -0.1) is 0 Å². The van der Waals surface area contributed by atoms with E-state index in [1.54, 1.807) is 0 Å². The Labute approximate surface area is 393 Å². The quantitative estimate of drug-likeness (QED) is 0.0344. The molecule has 6 nitrogen and oxygen atoms in total. The van der Waals surface area contributed by atoms with Crippen molar-refractivity contribution in [3.63, 3.8) is 0 Å². The molecule has 1 atom stereocenters. The molecule has 0 aliphatic heterocycles. The third-order valence-corrected chi connectivity index (χ3v) is 13.0. The number of hydrogen-bond donors (Lipinski definition) is 0. The summed E-state index contributed by atoms with van der Waals surface area (Å²) in [5.74, 6) is 0.0208. The maximum Gasteiger partial charge on any atom is 0.306 e. The highest BCUT2D eigenvalue weighted by Gasteiger charge is 2.19. The Morgan fingerprint density at radius 1 is 0.302 bits per heavy atom. The van der Waals surface area contributed by atoms with E-state index in [1.165, 1.54) is 218 Å². The summed E-state index contributed by atoms with van der Waals surface area (Å²) in [4.78, 5) is 38.0. The Hall–Kier alpha value is -1.59. The third-order valence-electron chi connectivity index (χ3n) is 13.0. The second-order valence-corrected chi connectivity index (χ2v) is 20.1. The normalized spacial score (nSPS) is 12.0. The van der Waals surface area contributed by atoms with E-state index in [9.17, 15) is 14.4 Å². The van der Waals surface area contributed by atoms with Gasteiger partial charge in [0.05, 0.1) is 0 Å². The van der Waals surface area contributed by atoms with Gasteiger partial charge in [0.15, 0.2) is 6.10 Å². The number of rotatable bonds is 52. The monoisotopic (exact) mass is 891 g/mol. The first kappa shape index (κ1) is 61.4. The van der Waals surface area contributed by atoms with Crippen LogP contribution in [0.25, 0.3) is 0 Å². The average Bonchev–Trinajstić information content (AvgIpc) is 3.27. The smallest absolute Gasteiger partial charge is 0.306 e. The van der Waals surface area contributed by atoms with Crippen molar-refractivity contribution in [2.75, 3.05) is 13.2 Å². The molecule has 63 heavy (non-hydrogen) atoms. The van der Waals surface area contributed by atoms with Gasteiger partial charge in [0, 0.05) is 19.3 Å². The SMILES string of the molecule is CCCCCCCCCCCCCCCC(=O)OC[C@H](COC(=O)CCCCCCCCCCCCCCCCCCCCC(C)C)OC(=O)CCCCCCCCCCCCC. The Balaban J connectivity index is 4.20. The minimum atomic E-state index is -0.760. The first-order chi connectivity index (χ1) is 30.9. The van der Waals surface area contributed by atoms with Gasteiger partial charge >= 0.3 is 17.9 Å². The number of ether oxygens (including phenoxy) is 3. The molecule has 0 aromatic carbocycles. The molecule has 0 aliphatic carbocycles. The molecule has 0 aromatic heterocycles. The summed E-state index contributed by atoms with van der Waals surface area (Å²) in [6.07, 6.45) is 55.2. The van der Waals surface area contributed by atoms with E-state index in [1.807, 2.05) is 0 Å². The van der Waals surface area contributed by atoms with Crippen molar-refractivity contribution in [3.8, 4) is 0 Å². The zero-order chi connectivity index (χ0) is 45.9. The summed E-state index contributed by atoms with van der Waals surface area (Å²) in [6, 6.07) is 0. The van der Waals surface area contributed by atoms with Crippen LogP contribution in [0.4, 0.5) is 0 Å². The first-order valence-electron chi connectivity index (χ1n) is 28.4. The third kappa shape index (κ3) is 51.3. The van der Waals surface area contributed by atoms with Crippen molar-refractivity contribution in [3.05, 3.63) is 0 Å². The highest BCUT2D eigenvalue weighted by Crippen LogP contribution is 2.18. The lowest BCUT2D eigenvalue weighted by Crippen LogP contribution is -2.30. The van der Waals surface area contributed by atoms with Gasteiger partial charge in [0.25, 0.3) is 0 Å². The molecule has 0 rings (SSSR count). The highest BCUT2D eigenvalue weighted by molar-refractivity contribution is 5.71. The summed E-state index contributed by atoms with van der Waals surface area (Å²) in [5, 5.41) is 0. The van der Waals surface area contributed by atoms with Crippen LogP contribution >= 0.6 is 0 Å². The highest BCUT2D eigenvalue weighted by atomic mass is 16.6. The van der Waals surface area contributed by atoms with Gasteiger partial charge in [-0.1, -0.05) is 285 Å². The van der Waals surface area contributed by atoms with E-state index in [4.69, 9.17) is 14.2 Å². The molecule has 0 saturated carbocycles. The van der Waals surface area contributed by atoms with Crippen LogP contribution in [0.15, 0.2) is 0 Å². The summed E-state index contributed by atoms with van der Waals surface area (Å²) in [6.45, 7) is 9.06. The standard InChI is InChI=1S/C57H110O6/c1-5-7-9-11-13-15-17-24-29-32-36-40-44-48-55(58)61-51-54(63-57(60)50-46-42-38-34-27-16-14-12-10-8-6-2)52-62-56(59)49-45-41-37-33-30-26-23-21-19-18-20-22-25-28-31-35-39-43-47-53(3)4/h53-54H,5-52H2,1-4H3/t54-/m1/s1. The molecule has 0 aliphatic rings. The second-order valence-electron chi connectivity index (χ2n) is 20.1. The van der Waals surface area contributed by atoms with Crippen molar-refractivity contribution < 1.29 is 28.6 Å². The maximum atomic E-state index is 12.8. The lowest BCUT2D eigenvalue weighted by molar-refractivity contribution is -0.167. The fourth-order valence-corrected chi connectivity index (χ4v) is 8.75. The van der Waals surface area contributed by atoms with Gasteiger partial charge in [0.1, 0.15) is 13.2 Å². The zero-order valence-corrected chi connectivity index (χ0v) is 43.0. The molecular formula is C57H110O6. The van der Waals surface area contributed by atoms with Crippen LogP contribution in [0.2, 0.25) is 0 Å². The van der Waals surface area contributed by atoms with Crippen LogP contribution in [0.1, 0.15) is 323 Å². The van der Waals surface area contributed by atoms with Crippen molar-refractivity contribution in [1.82, 2.24) is 0 Å². The van der Waals surface area contributed by atoms with Crippen LogP contribution in [-0.2, 0) is 28.6 Å². The fourth-order valence-electron chi connectivity index (χ4n) is 8.75. The molecule has 0 heterocycles. The lowest BCUT2D eigenvalue weighted by atomic mass is 10.0. The Bertz CT molecular complexity index is 949. The van der Waals surface area contributed by atoms with Gasteiger partial charge in [-0.2, -0.15) is 0 Å². The molecule has 0 unspecified atom stereocenters. The second kappa shape index (κ2) is 51.4. The zero-order valence-electron chi connectivity index (χ0n) is 43.0. The Morgan fingerprint density at radius 3 is 0.778 bits per heavy atom. The van der Waals surface area contributed by atoms with Crippen LogP contribution in [0, 0.1) is 5.92 Å². The summed E-state index contributed by atoms with van der Waals surface area (Å²) in [5.41, 5.74) is 0. The first-order valence-corrected chi connectivity index (χ1v) is 28.4. The number of carbonyl (C=O) groups excluding carboxylic acids is 3. The minimum absolute atomic E-state index is 0.0620. The van der Waals surface area contributed by atoms with E-state index in [-0.39, 0.29) is 31.1 Å². The molecule has 0 N–H and O–H groups in total. The summed E-state index contributed by atoms with van der Waals surface area (Å²) < 4.78 is 16.8. The molecular weight excluding hydrogens is 781 g/mol. The maximum absolute atomic E-state index is 12.8. The lowest BCUT2D eigenvalue weighted by Gasteiger charge is -2.18. The minimum Gasteiger partial charge on any atom is -0.462 e. The number of carbonyl (C=O) groups is 3. The molecule has 0 saturated heterocycles. The van der Waals surface area contributed by atoms with E-state index in [2.05, 4.69) is 27.7 Å². The Morgan fingerprint density at radius 2 is 0.524 bits per heavy atom. The largest absolute Gasteiger partial charge is 0.462 e. The molecule has 0 aromatic rings. The van der Waals surface area contributed by atoms with Gasteiger partial charge in [-0.3, -0.25) is 14.4 Å². The van der Waals surface area contributed by atoms with Gasteiger partial charge in [-0.05, 0) is 25.2 Å². The Kier molecular flexibility index (Phi) is 50.1. The van der Waals surface area contributed by atoms with Crippen LogP contribution in [0.3, 0.4) is 0 Å². The molecule has 374 valence electrons. The molecule has 0 radical (unpaired) electrons.